The molecule has 0 radical (unpaired) electrons. The molecule has 0 saturated carbocycles. The number of esters is 1. The maximum Gasteiger partial charge on any atom is 0.352 e. The van der Waals surface area contributed by atoms with Crippen LogP contribution in [0.4, 0.5) is 0 Å². The van der Waals surface area contributed by atoms with Crippen molar-refractivity contribution in [3.8, 4) is 5.75 Å². The number of rotatable bonds is 8. The first-order valence-electron chi connectivity index (χ1n) is 6.31. The zero-order valence-electron chi connectivity index (χ0n) is 12.1. The Kier molecular flexibility index (Phi) is 7.14. The van der Waals surface area contributed by atoms with Gasteiger partial charge in [-0.05, 0) is 17.7 Å². The summed E-state index contributed by atoms with van der Waals surface area (Å²) in [6.07, 6.45) is 1.92. The quantitative estimate of drug-likeness (QED) is 0.197. The van der Waals surface area contributed by atoms with Gasteiger partial charge >= 0.3 is 5.97 Å². The zero-order valence-corrected chi connectivity index (χ0v) is 12.1. The first-order chi connectivity index (χ1) is 10.6. The molecule has 0 fully saturated rings. The van der Waals surface area contributed by atoms with Crippen LogP contribution in [0.2, 0.25) is 0 Å². The molecule has 0 aliphatic heterocycles. The van der Waals surface area contributed by atoms with E-state index in [1.165, 1.54) is 13.3 Å². The van der Waals surface area contributed by atoms with Gasteiger partial charge in [0.15, 0.2) is 0 Å². The van der Waals surface area contributed by atoms with Gasteiger partial charge in [-0.1, -0.05) is 12.1 Å². The highest BCUT2D eigenvalue weighted by Gasteiger charge is 2.12. The number of carbonyl (C=O) groups excluding carboxylic acids is 2. The second-order valence-electron chi connectivity index (χ2n) is 4.17. The number of carbonyl (C=O) groups is 2. The van der Waals surface area contributed by atoms with Crippen molar-refractivity contribution in [2.24, 2.45) is 16.6 Å². The molecule has 0 unspecified atom stereocenters. The number of aliphatic imine (C=N–C) groups is 1. The number of hydrogen-bond acceptors (Lipinski definition) is 7. The summed E-state index contributed by atoms with van der Waals surface area (Å²) in [6.45, 7) is 0.184. The number of benzene rings is 1. The fourth-order valence-electron chi connectivity index (χ4n) is 1.56. The minimum Gasteiger partial charge on any atom is -0.487 e. The first kappa shape index (κ1) is 17.2. The van der Waals surface area contributed by atoms with Crippen LogP contribution in [0.1, 0.15) is 5.56 Å². The molecule has 8 nitrogen and oxygen atoms in total. The molecule has 1 amide bonds. The van der Waals surface area contributed by atoms with Gasteiger partial charge in [0.2, 0.25) is 6.41 Å². The Morgan fingerprint density at radius 3 is 2.59 bits per heavy atom. The van der Waals surface area contributed by atoms with Crippen molar-refractivity contribution in [1.82, 2.24) is 5.43 Å². The summed E-state index contributed by atoms with van der Waals surface area (Å²) in [5.74, 6) is 5.05. The maximum absolute atomic E-state index is 11.4. The van der Waals surface area contributed by atoms with Crippen molar-refractivity contribution in [1.29, 1.82) is 0 Å². The molecule has 0 atom stereocenters. The molecule has 118 valence electrons. The fourth-order valence-corrected chi connectivity index (χ4v) is 1.56. The second-order valence-corrected chi connectivity index (χ2v) is 4.17. The summed E-state index contributed by atoms with van der Waals surface area (Å²) < 4.78 is 9.99. The third-order valence-corrected chi connectivity index (χ3v) is 2.60. The molecule has 0 bridgehead atoms. The minimum atomic E-state index is -0.639. The summed E-state index contributed by atoms with van der Waals surface area (Å²) in [5.41, 5.74) is 9.17. The van der Waals surface area contributed by atoms with Gasteiger partial charge in [-0.15, -0.1) is 0 Å². The standard InChI is InChI=1S/C14H18N4O4/c1-21-14(20)13(17-9-19)6-10-2-4-12(5-3-10)22-8-11(15)7-18-16/h2-5,7,9,18H,6,8,15-16H2,1H3/b11-7-,17-13?. The first-order valence-corrected chi connectivity index (χ1v) is 6.31. The van der Waals surface area contributed by atoms with E-state index >= 15 is 0 Å². The molecule has 0 aliphatic carbocycles. The number of nitrogens with one attached hydrogen (secondary N) is 1. The third kappa shape index (κ3) is 5.63. The van der Waals surface area contributed by atoms with Crippen molar-refractivity contribution in [3.63, 3.8) is 0 Å². The van der Waals surface area contributed by atoms with E-state index in [4.69, 9.17) is 16.3 Å². The molecule has 5 N–H and O–H groups in total. The van der Waals surface area contributed by atoms with E-state index in [0.717, 1.165) is 5.56 Å². The Hall–Kier alpha value is -2.87. The predicted molar refractivity (Wildman–Crippen MR) is 80.7 cm³/mol. The van der Waals surface area contributed by atoms with E-state index in [-0.39, 0.29) is 18.7 Å². The highest BCUT2D eigenvalue weighted by atomic mass is 16.5. The van der Waals surface area contributed by atoms with Crippen molar-refractivity contribution >= 4 is 18.1 Å². The van der Waals surface area contributed by atoms with Gasteiger partial charge in [0, 0.05) is 12.6 Å². The van der Waals surface area contributed by atoms with Crippen LogP contribution >= 0.6 is 0 Å². The largest absolute Gasteiger partial charge is 0.487 e. The van der Waals surface area contributed by atoms with E-state index in [9.17, 15) is 9.59 Å². The van der Waals surface area contributed by atoms with Crippen molar-refractivity contribution in [2.75, 3.05) is 13.7 Å². The highest BCUT2D eigenvalue weighted by Crippen LogP contribution is 2.13. The van der Waals surface area contributed by atoms with Crippen LogP contribution in [-0.4, -0.2) is 31.8 Å². The summed E-state index contributed by atoms with van der Waals surface area (Å²) in [4.78, 5) is 25.4. The average Bonchev–Trinajstić information content (AvgIpc) is 2.53. The summed E-state index contributed by atoms with van der Waals surface area (Å²) in [7, 11) is 1.23. The smallest absolute Gasteiger partial charge is 0.352 e. The lowest BCUT2D eigenvalue weighted by Gasteiger charge is -2.08. The molecule has 1 aromatic carbocycles. The Balaban J connectivity index is 2.68. The van der Waals surface area contributed by atoms with Gasteiger partial charge in [0.25, 0.3) is 0 Å². The molecular formula is C14H18N4O4. The van der Waals surface area contributed by atoms with E-state index in [1.807, 2.05) is 0 Å². The number of ether oxygens (including phenoxy) is 2. The number of amides is 1. The van der Waals surface area contributed by atoms with Crippen LogP contribution in [0.5, 0.6) is 5.75 Å². The molecule has 0 aliphatic rings. The number of nitrogens with two attached hydrogens (primary N) is 2. The molecule has 0 saturated heterocycles. The van der Waals surface area contributed by atoms with Crippen LogP contribution in [0.15, 0.2) is 41.2 Å². The van der Waals surface area contributed by atoms with Crippen LogP contribution < -0.4 is 21.7 Å². The van der Waals surface area contributed by atoms with E-state index in [1.54, 1.807) is 24.3 Å². The van der Waals surface area contributed by atoms with Crippen molar-refractivity contribution < 1.29 is 19.1 Å². The van der Waals surface area contributed by atoms with Gasteiger partial charge in [0.05, 0.1) is 12.8 Å². The highest BCUT2D eigenvalue weighted by molar-refractivity contribution is 6.38. The Bertz CT molecular complexity index is 567. The van der Waals surface area contributed by atoms with E-state index < -0.39 is 5.97 Å². The monoisotopic (exact) mass is 306 g/mol. The number of nitrogens with zero attached hydrogens (tertiary/aromatic N) is 1. The lowest BCUT2D eigenvalue weighted by atomic mass is 10.1. The molecule has 22 heavy (non-hydrogen) atoms. The molecular weight excluding hydrogens is 288 g/mol. The van der Waals surface area contributed by atoms with Crippen LogP contribution in [0, 0.1) is 0 Å². The van der Waals surface area contributed by atoms with Gasteiger partial charge in [-0.3, -0.25) is 10.6 Å². The van der Waals surface area contributed by atoms with Crippen LogP contribution in [0.25, 0.3) is 0 Å². The Labute approximate surface area is 127 Å². The number of methoxy groups -OCH3 is 1. The SMILES string of the molecule is COC(=O)C(Cc1ccc(OC/C(N)=C/NN)cc1)=NC=O. The minimum absolute atomic E-state index is 0.0346. The van der Waals surface area contributed by atoms with Crippen LogP contribution in [-0.2, 0) is 20.7 Å². The van der Waals surface area contributed by atoms with Crippen molar-refractivity contribution in [2.45, 2.75) is 6.42 Å². The average molecular weight is 306 g/mol. The normalized spacial score (nSPS) is 11.7. The summed E-state index contributed by atoms with van der Waals surface area (Å²) in [6, 6.07) is 6.93. The zero-order chi connectivity index (χ0) is 16.4. The van der Waals surface area contributed by atoms with E-state index in [2.05, 4.69) is 15.2 Å². The van der Waals surface area contributed by atoms with Gasteiger partial charge in [-0.2, -0.15) is 0 Å². The molecule has 8 heteroatoms. The lowest BCUT2D eigenvalue weighted by Crippen LogP contribution is -2.19. The van der Waals surface area contributed by atoms with Gasteiger partial charge in [0.1, 0.15) is 18.1 Å². The topological polar surface area (TPSA) is 129 Å². The predicted octanol–water partition coefficient (Wildman–Crippen LogP) is -0.358. The molecule has 1 aromatic rings. The summed E-state index contributed by atoms with van der Waals surface area (Å²) in [5, 5.41) is 0. The van der Waals surface area contributed by atoms with Crippen LogP contribution in [0.3, 0.4) is 0 Å². The van der Waals surface area contributed by atoms with Gasteiger partial charge in [-0.25, -0.2) is 9.79 Å². The van der Waals surface area contributed by atoms with Crippen molar-refractivity contribution in [3.05, 3.63) is 41.7 Å². The molecule has 0 heterocycles. The van der Waals surface area contributed by atoms with Gasteiger partial charge < -0.3 is 20.6 Å². The molecule has 1 rings (SSSR count). The number of hydrazine groups is 1. The maximum atomic E-state index is 11.4. The lowest BCUT2D eigenvalue weighted by molar-refractivity contribution is -0.133. The summed E-state index contributed by atoms with van der Waals surface area (Å²) >= 11 is 0. The number of hydrogen-bond donors (Lipinski definition) is 3. The third-order valence-electron chi connectivity index (χ3n) is 2.60. The Morgan fingerprint density at radius 1 is 1.36 bits per heavy atom. The molecule has 0 aromatic heterocycles. The Morgan fingerprint density at radius 2 is 2.05 bits per heavy atom. The fraction of sp³-hybridized carbons (Fsp3) is 0.214. The molecule has 0 spiro atoms. The van der Waals surface area contributed by atoms with E-state index in [0.29, 0.717) is 17.9 Å². The second kappa shape index (κ2) is 9.14.